The first-order chi connectivity index (χ1) is 13.8. The van der Waals surface area contributed by atoms with E-state index in [1.165, 1.54) is 12.1 Å². The highest BCUT2D eigenvalue weighted by Gasteiger charge is 2.20. The van der Waals surface area contributed by atoms with Gasteiger partial charge in [0.1, 0.15) is 18.1 Å². The van der Waals surface area contributed by atoms with Crippen LogP contribution in [0, 0.1) is 30.2 Å². The predicted molar refractivity (Wildman–Crippen MR) is 97.0 cm³/mol. The Morgan fingerprint density at radius 2 is 1.76 bits per heavy atom. The number of likely N-dealkylation sites (N-methyl/N-ethyl adjacent to an activating group) is 1. The first kappa shape index (κ1) is 20.5. The third-order valence-corrected chi connectivity index (χ3v) is 4.37. The van der Waals surface area contributed by atoms with Gasteiger partial charge < -0.3 is 14.7 Å². The van der Waals surface area contributed by atoms with Gasteiger partial charge in [0.2, 0.25) is 0 Å². The molecule has 9 heteroatoms. The van der Waals surface area contributed by atoms with E-state index in [4.69, 9.17) is 4.52 Å². The molecule has 152 valence electrons. The van der Waals surface area contributed by atoms with Crippen LogP contribution in [-0.4, -0.2) is 24.7 Å². The molecule has 2 aromatic carbocycles. The van der Waals surface area contributed by atoms with Crippen molar-refractivity contribution in [3.63, 3.8) is 0 Å². The maximum Gasteiger partial charge on any atom is 0.279 e. The summed E-state index contributed by atoms with van der Waals surface area (Å²) in [5, 5.41) is 6.23. The third kappa shape index (κ3) is 4.62. The second kappa shape index (κ2) is 8.44. The zero-order valence-electron chi connectivity index (χ0n) is 15.7. The summed E-state index contributed by atoms with van der Waals surface area (Å²) in [5.74, 6) is -4.86. The first-order valence-electron chi connectivity index (χ1n) is 8.72. The molecule has 0 spiro atoms. The Bertz CT molecular complexity index is 1030. The molecule has 0 fully saturated rings. The number of quaternary nitrogens is 1. The Labute approximate surface area is 163 Å². The standard InChI is InChI=1S/C20H17F4N3O2/c1-11-16(26-29-20(11)12-3-5-13(21)6-4-12)9-27(2)10-17(28)25-15-8-7-14(22)18(23)19(15)24/h3-8H,9-10H2,1-2H3,(H,25,28)/p+1. The van der Waals surface area contributed by atoms with Crippen molar-refractivity contribution in [3.05, 3.63) is 70.9 Å². The number of aromatic nitrogens is 1. The fraction of sp³-hybridized carbons (Fsp3) is 0.200. The number of nitrogens with zero attached hydrogens (tertiary/aromatic N) is 1. The van der Waals surface area contributed by atoms with E-state index in [1.807, 2.05) is 0 Å². The van der Waals surface area contributed by atoms with Crippen molar-refractivity contribution in [2.75, 3.05) is 18.9 Å². The fourth-order valence-electron chi connectivity index (χ4n) is 2.84. The molecule has 2 N–H and O–H groups in total. The Kier molecular flexibility index (Phi) is 5.97. The van der Waals surface area contributed by atoms with E-state index in [9.17, 15) is 22.4 Å². The molecular weight excluding hydrogens is 390 g/mol. The van der Waals surface area contributed by atoms with Crippen LogP contribution < -0.4 is 10.2 Å². The van der Waals surface area contributed by atoms with Gasteiger partial charge in [0, 0.05) is 11.1 Å². The van der Waals surface area contributed by atoms with Crippen LogP contribution in [0.15, 0.2) is 40.9 Å². The molecule has 0 aliphatic carbocycles. The molecule has 1 unspecified atom stereocenters. The summed E-state index contributed by atoms with van der Waals surface area (Å²) in [7, 11) is 1.72. The minimum Gasteiger partial charge on any atom is -0.356 e. The molecule has 0 saturated carbocycles. The van der Waals surface area contributed by atoms with Crippen LogP contribution in [0.3, 0.4) is 0 Å². The monoisotopic (exact) mass is 408 g/mol. The number of carbonyl (C=O) groups is 1. The van der Waals surface area contributed by atoms with Gasteiger partial charge in [0.25, 0.3) is 5.91 Å². The van der Waals surface area contributed by atoms with Crippen molar-refractivity contribution in [2.45, 2.75) is 13.5 Å². The molecule has 0 saturated heterocycles. The Balaban J connectivity index is 1.64. The summed E-state index contributed by atoms with van der Waals surface area (Å²) < 4.78 is 58.3. The van der Waals surface area contributed by atoms with Gasteiger partial charge in [-0.15, -0.1) is 0 Å². The van der Waals surface area contributed by atoms with E-state index < -0.39 is 29.0 Å². The zero-order valence-corrected chi connectivity index (χ0v) is 15.7. The third-order valence-electron chi connectivity index (χ3n) is 4.37. The molecule has 1 amide bonds. The summed E-state index contributed by atoms with van der Waals surface area (Å²) in [5.41, 5.74) is 1.60. The normalized spacial score (nSPS) is 12.1. The molecule has 1 heterocycles. The van der Waals surface area contributed by atoms with Gasteiger partial charge >= 0.3 is 0 Å². The summed E-state index contributed by atoms with van der Waals surface area (Å²) >= 11 is 0. The number of halogens is 4. The van der Waals surface area contributed by atoms with Gasteiger partial charge in [-0.25, -0.2) is 17.6 Å². The lowest BCUT2D eigenvalue weighted by Gasteiger charge is -2.13. The van der Waals surface area contributed by atoms with Gasteiger partial charge in [0.15, 0.2) is 29.8 Å². The van der Waals surface area contributed by atoms with Gasteiger partial charge in [-0.1, -0.05) is 5.16 Å². The fourth-order valence-corrected chi connectivity index (χ4v) is 2.84. The smallest absolute Gasteiger partial charge is 0.279 e. The van der Waals surface area contributed by atoms with Crippen molar-refractivity contribution in [3.8, 4) is 11.3 Å². The van der Waals surface area contributed by atoms with Crippen molar-refractivity contribution in [1.29, 1.82) is 0 Å². The van der Waals surface area contributed by atoms with Gasteiger partial charge in [-0.05, 0) is 43.3 Å². The number of anilines is 1. The Morgan fingerprint density at radius 3 is 2.45 bits per heavy atom. The second-order valence-corrected chi connectivity index (χ2v) is 6.67. The average molecular weight is 408 g/mol. The minimum atomic E-state index is -1.64. The van der Waals surface area contributed by atoms with E-state index in [1.54, 1.807) is 26.1 Å². The molecular formula is C20H18F4N3O2+. The van der Waals surface area contributed by atoms with Crippen molar-refractivity contribution in [2.24, 2.45) is 0 Å². The summed E-state index contributed by atoms with van der Waals surface area (Å²) in [6.07, 6.45) is 0. The highest BCUT2D eigenvalue weighted by Crippen LogP contribution is 2.25. The molecule has 3 rings (SSSR count). The second-order valence-electron chi connectivity index (χ2n) is 6.67. The van der Waals surface area contributed by atoms with Crippen molar-refractivity contribution in [1.82, 2.24) is 5.16 Å². The maximum absolute atomic E-state index is 13.7. The van der Waals surface area contributed by atoms with Gasteiger partial charge in [0.05, 0.1) is 12.7 Å². The quantitative estimate of drug-likeness (QED) is 0.487. The lowest BCUT2D eigenvalue weighted by atomic mass is 10.1. The van der Waals surface area contributed by atoms with Crippen LogP contribution >= 0.6 is 0 Å². The summed E-state index contributed by atoms with van der Waals surface area (Å²) in [4.78, 5) is 12.8. The topological polar surface area (TPSA) is 59.6 Å². The highest BCUT2D eigenvalue weighted by atomic mass is 19.2. The van der Waals surface area contributed by atoms with Crippen LogP contribution in [0.25, 0.3) is 11.3 Å². The molecule has 29 heavy (non-hydrogen) atoms. The highest BCUT2D eigenvalue weighted by molar-refractivity contribution is 5.91. The molecule has 0 aliphatic rings. The Hall–Kier alpha value is -3.20. The number of hydrogen-bond acceptors (Lipinski definition) is 3. The largest absolute Gasteiger partial charge is 0.356 e. The van der Waals surface area contributed by atoms with Crippen LogP contribution in [0.2, 0.25) is 0 Å². The summed E-state index contributed by atoms with van der Waals surface area (Å²) in [6, 6.07) is 7.48. The average Bonchev–Trinajstić information content (AvgIpc) is 3.03. The van der Waals surface area contributed by atoms with Crippen LogP contribution in [0.4, 0.5) is 23.2 Å². The number of rotatable bonds is 6. The number of carbonyl (C=O) groups excluding carboxylic acids is 1. The summed E-state index contributed by atoms with van der Waals surface area (Å²) in [6.45, 7) is 2.05. The van der Waals surface area contributed by atoms with Crippen LogP contribution in [-0.2, 0) is 11.3 Å². The van der Waals surface area contributed by atoms with E-state index in [0.29, 0.717) is 28.5 Å². The van der Waals surface area contributed by atoms with E-state index in [-0.39, 0.29) is 12.4 Å². The van der Waals surface area contributed by atoms with E-state index in [2.05, 4.69) is 10.5 Å². The number of benzene rings is 2. The van der Waals surface area contributed by atoms with Gasteiger partial charge in [-0.2, -0.15) is 0 Å². The SMILES string of the molecule is Cc1c(C[NH+](C)CC(=O)Nc2ccc(F)c(F)c2F)noc1-c1ccc(F)cc1. The van der Waals surface area contributed by atoms with E-state index in [0.717, 1.165) is 17.7 Å². The van der Waals surface area contributed by atoms with Gasteiger partial charge in [-0.3, -0.25) is 4.79 Å². The van der Waals surface area contributed by atoms with Crippen LogP contribution in [0.1, 0.15) is 11.3 Å². The Morgan fingerprint density at radius 1 is 1.07 bits per heavy atom. The van der Waals surface area contributed by atoms with Crippen LogP contribution in [0.5, 0.6) is 0 Å². The molecule has 1 aromatic heterocycles. The maximum atomic E-state index is 13.7. The lowest BCUT2D eigenvalue weighted by molar-refractivity contribution is -0.885. The number of nitrogens with one attached hydrogen (secondary N) is 2. The predicted octanol–water partition coefficient (Wildman–Crippen LogP) is 2.86. The molecule has 3 aromatic rings. The zero-order chi connectivity index (χ0) is 21.1. The van der Waals surface area contributed by atoms with E-state index >= 15 is 0 Å². The molecule has 5 nitrogen and oxygen atoms in total. The number of amides is 1. The van der Waals surface area contributed by atoms with Crippen molar-refractivity contribution >= 4 is 11.6 Å². The minimum absolute atomic E-state index is 0.0728. The molecule has 0 aliphatic heterocycles. The molecule has 1 atom stereocenters. The molecule has 0 bridgehead atoms. The van der Waals surface area contributed by atoms with Crippen molar-refractivity contribution < 1.29 is 31.8 Å². The first-order valence-corrected chi connectivity index (χ1v) is 8.72. The lowest BCUT2D eigenvalue weighted by Crippen LogP contribution is -3.08. The number of hydrogen-bond donors (Lipinski definition) is 2. The molecule has 0 radical (unpaired) electrons.